The third-order valence-electron chi connectivity index (χ3n) is 3.78. The number of aromatic hydroxyl groups is 1. The number of phenols is 1. The lowest BCUT2D eigenvalue weighted by Crippen LogP contribution is -2.42. The number of methoxy groups -OCH3 is 1. The van der Waals surface area contributed by atoms with Crippen molar-refractivity contribution in [1.82, 2.24) is 4.90 Å². The van der Waals surface area contributed by atoms with E-state index in [0.29, 0.717) is 24.6 Å². The summed E-state index contributed by atoms with van der Waals surface area (Å²) in [5.74, 6) is 0.453. The molecule has 1 saturated carbocycles. The van der Waals surface area contributed by atoms with Gasteiger partial charge in [0, 0.05) is 24.2 Å². The van der Waals surface area contributed by atoms with Gasteiger partial charge in [-0.15, -0.1) is 0 Å². The second-order valence-corrected chi connectivity index (χ2v) is 6.15. The number of rotatable bonds is 6. The average molecular weight is 342 g/mol. The second-order valence-electron chi connectivity index (χ2n) is 5.23. The summed E-state index contributed by atoms with van der Waals surface area (Å²) >= 11 is 3.28. The first-order valence-electron chi connectivity index (χ1n) is 6.83. The molecule has 1 N–H and O–H groups in total. The van der Waals surface area contributed by atoms with E-state index in [1.54, 1.807) is 25.3 Å². The van der Waals surface area contributed by atoms with Crippen LogP contribution in [0.3, 0.4) is 0 Å². The Hall–Kier alpha value is -1.07. The number of ether oxygens (including phenoxy) is 1. The van der Waals surface area contributed by atoms with Gasteiger partial charge < -0.3 is 14.7 Å². The average Bonchev–Trinajstić information content (AvgIpc) is 3.22. The molecule has 1 fully saturated rings. The topological polar surface area (TPSA) is 49.8 Å². The van der Waals surface area contributed by atoms with Crippen LogP contribution < -0.4 is 0 Å². The number of amides is 1. The van der Waals surface area contributed by atoms with Crippen molar-refractivity contribution < 1.29 is 14.6 Å². The van der Waals surface area contributed by atoms with E-state index in [2.05, 4.69) is 22.9 Å². The highest BCUT2D eigenvalue weighted by Gasteiger charge is 2.35. The molecule has 0 aromatic heterocycles. The van der Waals surface area contributed by atoms with Crippen LogP contribution in [0.15, 0.2) is 22.7 Å². The second kappa shape index (κ2) is 6.59. The number of hydrogen-bond acceptors (Lipinski definition) is 3. The molecule has 1 unspecified atom stereocenters. The molecule has 1 aromatic carbocycles. The molecule has 1 amide bonds. The van der Waals surface area contributed by atoms with Crippen molar-refractivity contribution in [3.63, 3.8) is 0 Å². The van der Waals surface area contributed by atoms with Crippen molar-refractivity contribution in [2.75, 3.05) is 20.3 Å². The molecule has 110 valence electrons. The van der Waals surface area contributed by atoms with Crippen molar-refractivity contribution in [2.24, 2.45) is 5.92 Å². The zero-order chi connectivity index (χ0) is 14.7. The molecule has 0 radical (unpaired) electrons. The Morgan fingerprint density at radius 1 is 1.55 bits per heavy atom. The van der Waals surface area contributed by atoms with Gasteiger partial charge in [0.25, 0.3) is 5.91 Å². The van der Waals surface area contributed by atoms with Gasteiger partial charge in [-0.25, -0.2) is 0 Å². The van der Waals surface area contributed by atoms with Crippen molar-refractivity contribution in [3.05, 3.63) is 28.2 Å². The fourth-order valence-corrected chi connectivity index (χ4v) is 2.70. The van der Waals surface area contributed by atoms with Gasteiger partial charge in [0.05, 0.1) is 12.2 Å². The third-order valence-corrected chi connectivity index (χ3v) is 4.28. The zero-order valence-electron chi connectivity index (χ0n) is 11.8. The summed E-state index contributed by atoms with van der Waals surface area (Å²) in [4.78, 5) is 14.5. The molecular formula is C15H20BrNO3. The number of benzene rings is 1. The van der Waals surface area contributed by atoms with E-state index >= 15 is 0 Å². The Balaban J connectivity index is 2.20. The lowest BCUT2D eigenvalue weighted by Gasteiger charge is -2.29. The van der Waals surface area contributed by atoms with Crippen LogP contribution in [0.25, 0.3) is 0 Å². The smallest absolute Gasteiger partial charge is 0.257 e. The van der Waals surface area contributed by atoms with Gasteiger partial charge in [0.15, 0.2) is 0 Å². The molecule has 20 heavy (non-hydrogen) atoms. The van der Waals surface area contributed by atoms with Gasteiger partial charge in [-0.05, 0) is 43.9 Å². The van der Waals surface area contributed by atoms with E-state index < -0.39 is 0 Å². The Kier molecular flexibility index (Phi) is 5.05. The number of phenolic OH excluding ortho intramolecular Hbond substituents is 1. The summed E-state index contributed by atoms with van der Waals surface area (Å²) in [5, 5.41) is 9.96. The summed E-state index contributed by atoms with van der Waals surface area (Å²) in [6, 6.07) is 5.15. The lowest BCUT2D eigenvalue weighted by molar-refractivity contribution is 0.0592. The SMILES string of the molecule is COCCN(C(=O)c1ccc(Br)cc1O)C(C)C1CC1. The summed E-state index contributed by atoms with van der Waals surface area (Å²) in [6.45, 7) is 3.11. The third kappa shape index (κ3) is 3.52. The molecule has 5 heteroatoms. The maximum atomic E-state index is 12.7. The van der Waals surface area contributed by atoms with Crippen molar-refractivity contribution in [1.29, 1.82) is 0 Å². The highest BCUT2D eigenvalue weighted by Crippen LogP contribution is 2.36. The van der Waals surface area contributed by atoms with Crippen LogP contribution in [-0.2, 0) is 4.74 Å². The van der Waals surface area contributed by atoms with Crippen molar-refractivity contribution >= 4 is 21.8 Å². The molecule has 0 heterocycles. The van der Waals surface area contributed by atoms with Gasteiger partial charge in [-0.1, -0.05) is 15.9 Å². The van der Waals surface area contributed by atoms with E-state index in [9.17, 15) is 9.90 Å². The molecule has 0 saturated heterocycles. The van der Waals surface area contributed by atoms with Crippen LogP contribution in [0.1, 0.15) is 30.1 Å². The van der Waals surface area contributed by atoms with Crippen LogP contribution >= 0.6 is 15.9 Å². The summed E-state index contributed by atoms with van der Waals surface area (Å²) < 4.78 is 5.85. The quantitative estimate of drug-likeness (QED) is 0.865. The van der Waals surface area contributed by atoms with Crippen LogP contribution in [0.5, 0.6) is 5.75 Å². The molecule has 1 aliphatic rings. The van der Waals surface area contributed by atoms with Crippen LogP contribution in [0.4, 0.5) is 0 Å². The van der Waals surface area contributed by atoms with Gasteiger partial charge >= 0.3 is 0 Å². The van der Waals surface area contributed by atoms with Gasteiger partial charge in [-0.3, -0.25) is 4.79 Å². The minimum absolute atomic E-state index is 0.00906. The Labute approximate surface area is 127 Å². The maximum Gasteiger partial charge on any atom is 0.257 e. The minimum Gasteiger partial charge on any atom is -0.507 e. The molecule has 4 nitrogen and oxygen atoms in total. The normalized spacial score (nSPS) is 15.9. The number of hydrogen-bond donors (Lipinski definition) is 1. The monoisotopic (exact) mass is 341 g/mol. The molecule has 1 aliphatic carbocycles. The maximum absolute atomic E-state index is 12.7. The molecule has 1 atom stereocenters. The predicted molar refractivity (Wildman–Crippen MR) is 80.9 cm³/mol. The summed E-state index contributed by atoms with van der Waals surface area (Å²) in [5.41, 5.74) is 0.344. The van der Waals surface area contributed by atoms with Gasteiger partial charge in [-0.2, -0.15) is 0 Å². The fourth-order valence-electron chi connectivity index (χ4n) is 2.35. The zero-order valence-corrected chi connectivity index (χ0v) is 13.4. The molecule has 2 rings (SSSR count). The van der Waals surface area contributed by atoms with Crippen LogP contribution in [0, 0.1) is 5.92 Å². The number of halogens is 1. The highest BCUT2D eigenvalue weighted by molar-refractivity contribution is 9.10. The largest absolute Gasteiger partial charge is 0.507 e. The molecule has 0 spiro atoms. The predicted octanol–water partition coefficient (Wildman–Crippen LogP) is 3.04. The van der Waals surface area contributed by atoms with Gasteiger partial charge in [0.1, 0.15) is 5.75 Å². The first-order chi connectivity index (χ1) is 9.54. The summed E-state index contributed by atoms with van der Waals surface area (Å²) in [7, 11) is 1.63. The minimum atomic E-state index is -0.133. The van der Waals surface area contributed by atoms with Crippen molar-refractivity contribution in [2.45, 2.75) is 25.8 Å². The van der Waals surface area contributed by atoms with E-state index in [-0.39, 0.29) is 17.7 Å². The Morgan fingerprint density at radius 2 is 2.25 bits per heavy atom. The lowest BCUT2D eigenvalue weighted by atomic mass is 10.1. The Morgan fingerprint density at radius 3 is 2.80 bits per heavy atom. The van der Waals surface area contributed by atoms with Gasteiger partial charge in [0.2, 0.25) is 0 Å². The van der Waals surface area contributed by atoms with E-state index in [0.717, 1.165) is 4.47 Å². The highest BCUT2D eigenvalue weighted by atomic mass is 79.9. The molecule has 0 bridgehead atoms. The Bertz CT molecular complexity index is 488. The standard InChI is InChI=1S/C15H20BrNO3/c1-10(11-3-4-11)17(7-8-20-2)15(19)13-6-5-12(16)9-14(13)18/h5-6,9-11,18H,3-4,7-8H2,1-2H3. The van der Waals surface area contributed by atoms with E-state index in [1.165, 1.54) is 12.8 Å². The number of carbonyl (C=O) groups is 1. The van der Waals surface area contributed by atoms with E-state index in [1.807, 2.05) is 4.90 Å². The number of carbonyl (C=O) groups excluding carboxylic acids is 1. The molecule has 0 aliphatic heterocycles. The number of nitrogens with zero attached hydrogens (tertiary/aromatic N) is 1. The van der Waals surface area contributed by atoms with Crippen LogP contribution in [0.2, 0.25) is 0 Å². The van der Waals surface area contributed by atoms with Crippen molar-refractivity contribution in [3.8, 4) is 5.75 Å². The fraction of sp³-hybridized carbons (Fsp3) is 0.533. The first-order valence-corrected chi connectivity index (χ1v) is 7.62. The first kappa shape index (κ1) is 15.3. The summed E-state index contributed by atoms with van der Waals surface area (Å²) in [6.07, 6.45) is 2.34. The molecule has 1 aromatic rings. The molecular weight excluding hydrogens is 322 g/mol. The van der Waals surface area contributed by atoms with Crippen LogP contribution in [-0.4, -0.2) is 42.2 Å². The van der Waals surface area contributed by atoms with E-state index in [4.69, 9.17) is 4.74 Å².